The van der Waals surface area contributed by atoms with Crippen molar-refractivity contribution in [3.05, 3.63) is 34.5 Å². The van der Waals surface area contributed by atoms with Gasteiger partial charge in [-0.15, -0.1) is 11.3 Å². The summed E-state index contributed by atoms with van der Waals surface area (Å²) in [6, 6.07) is 3.23. The standard InChI is InChI=1S/C27H35N3O5S/c1-26-11-12-27(35-26)21(20(26)23(31)28-15-19-10-6-14-36-19)25(33)30(16-18-9-5-13-34-18)22(27)24(32)29-17-7-3-2-4-8-17/h6,10-12,14,17-18,20-22H,2-5,7-9,13,15-16H2,1H3,(H,28,31)(H,29,32)/t18-,20+,21-,22-,26-,27+/m0/s1. The van der Waals surface area contributed by atoms with Gasteiger partial charge in [0.15, 0.2) is 0 Å². The number of likely N-dealkylation sites (tertiary alicyclic amines) is 1. The molecule has 8 nitrogen and oxygen atoms in total. The third-order valence-corrected chi connectivity index (χ3v) is 9.60. The van der Waals surface area contributed by atoms with Crippen LogP contribution in [0, 0.1) is 11.8 Å². The molecule has 9 heteroatoms. The number of fused-ring (bicyclic) bond motifs is 1. The van der Waals surface area contributed by atoms with Crippen LogP contribution in [-0.2, 0) is 30.4 Å². The highest BCUT2D eigenvalue weighted by Crippen LogP contribution is 2.59. The summed E-state index contributed by atoms with van der Waals surface area (Å²) < 4.78 is 12.4. The van der Waals surface area contributed by atoms with Gasteiger partial charge in [-0.2, -0.15) is 0 Å². The quantitative estimate of drug-likeness (QED) is 0.547. The molecule has 3 saturated heterocycles. The predicted octanol–water partition coefficient (Wildman–Crippen LogP) is 2.53. The minimum absolute atomic E-state index is 0.1000. The van der Waals surface area contributed by atoms with Crippen LogP contribution in [0.25, 0.3) is 0 Å². The molecule has 3 amide bonds. The molecule has 5 aliphatic rings. The lowest BCUT2D eigenvalue weighted by molar-refractivity contribution is -0.146. The Morgan fingerprint density at radius 1 is 1.14 bits per heavy atom. The second-order valence-corrected chi connectivity index (χ2v) is 12.1. The number of hydrogen-bond acceptors (Lipinski definition) is 6. The summed E-state index contributed by atoms with van der Waals surface area (Å²) in [4.78, 5) is 44.2. The number of nitrogens with zero attached hydrogens (tertiary/aromatic N) is 1. The maximum absolute atomic E-state index is 14.1. The zero-order valence-electron chi connectivity index (χ0n) is 20.7. The monoisotopic (exact) mass is 513 g/mol. The van der Waals surface area contributed by atoms with E-state index in [-0.39, 0.29) is 29.9 Å². The smallest absolute Gasteiger partial charge is 0.246 e. The van der Waals surface area contributed by atoms with Gasteiger partial charge in [-0.05, 0) is 44.1 Å². The van der Waals surface area contributed by atoms with Crippen molar-refractivity contribution in [2.24, 2.45) is 11.8 Å². The number of carbonyl (C=O) groups is 3. The van der Waals surface area contributed by atoms with E-state index >= 15 is 0 Å². The highest BCUT2D eigenvalue weighted by molar-refractivity contribution is 7.09. The molecule has 1 aliphatic carbocycles. The molecule has 194 valence electrons. The van der Waals surface area contributed by atoms with Crippen LogP contribution in [-0.4, -0.2) is 65.2 Å². The van der Waals surface area contributed by atoms with Gasteiger partial charge in [0, 0.05) is 24.1 Å². The molecule has 1 aromatic rings. The van der Waals surface area contributed by atoms with Gasteiger partial charge in [0.1, 0.15) is 11.6 Å². The molecule has 1 aromatic heterocycles. The highest BCUT2D eigenvalue weighted by atomic mass is 32.1. The summed E-state index contributed by atoms with van der Waals surface area (Å²) in [5.41, 5.74) is -2.08. The molecule has 2 bridgehead atoms. The lowest BCUT2D eigenvalue weighted by Gasteiger charge is -2.35. The van der Waals surface area contributed by atoms with Crippen molar-refractivity contribution in [3.63, 3.8) is 0 Å². The van der Waals surface area contributed by atoms with Crippen molar-refractivity contribution in [1.29, 1.82) is 0 Å². The van der Waals surface area contributed by atoms with Crippen LogP contribution in [0.2, 0.25) is 0 Å². The number of nitrogens with one attached hydrogen (secondary N) is 2. The van der Waals surface area contributed by atoms with Gasteiger partial charge >= 0.3 is 0 Å². The van der Waals surface area contributed by atoms with E-state index in [0.29, 0.717) is 19.7 Å². The van der Waals surface area contributed by atoms with Gasteiger partial charge in [-0.1, -0.05) is 37.5 Å². The Kier molecular flexibility index (Phi) is 6.20. The highest BCUT2D eigenvalue weighted by Gasteiger charge is 2.76. The maximum atomic E-state index is 14.1. The number of carbonyl (C=O) groups excluding carboxylic acids is 3. The van der Waals surface area contributed by atoms with Gasteiger partial charge in [0.25, 0.3) is 0 Å². The molecule has 1 spiro atoms. The van der Waals surface area contributed by atoms with Crippen molar-refractivity contribution in [2.45, 2.75) is 87.8 Å². The topological polar surface area (TPSA) is 97.0 Å². The molecule has 4 fully saturated rings. The maximum Gasteiger partial charge on any atom is 0.246 e. The lowest BCUT2D eigenvalue weighted by atomic mass is 9.70. The molecule has 1 saturated carbocycles. The minimum Gasteiger partial charge on any atom is -0.376 e. The third kappa shape index (κ3) is 3.90. The Bertz CT molecular complexity index is 1050. The molecule has 2 N–H and O–H groups in total. The molecular weight excluding hydrogens is 478 g/mol. The largest absolute Gasteiger partial charge is 0.376 e. The van der Waals surface area contributed by atoms with Crippen molar-refractivity contribution in [2.75, 3.05) is 13.2 Å². The summed E-state index contributed by atoms with van der Waals surface area (Å²) in [6.45, 7) is 3.28. The molecule has 0 radical (unpaired) electrons. The number of hydrogen-bond donors (Lipinski definition) is 2. The minimum atomic E-state index is -1.14. The summed E-state index contributed by atoms with van der Waals surface area (Å²) >= 11 is 1.58. The average Bonchev–Trinajstić information content (AvgIpc) is 3.67. The van der Waals surface area contributed by atoms with Gasteiger partial charge in [0.05, 0.1) is 30.1 Å². The first kappa shape index (κ1) is 24.1. The first-order chi connectivity index (χ1) is 17.4. The Morgan fingerprint density at radius 3 is 2.69 bits per heavy atom. The summed E-state index contributed by atoms with van der Waals surface area (Å²) in [5.74, 6) is -2.00. The number of ether oxygens (including phenoxy) is 2. The Morgan fingerprint density at radius 2 is 1.97 bits per heavy atom. The van der Waals surface area contributed by atoms with E-state index in [9.17, 15) is 14.4 Å². The normalized spacial score (nSPS) is 37.5. The average molecular weight is 514 g/mol. The van der Waals surface area contributed by atoms with Gasteiger partial charge in [-0.25, -0.2) is 0 Å². The van der Waals surface area contributed by atoms with Gasteiger partial charge < -0.3 is 25.0 Å². The third-order valence-electron chi connectivity index (χ3n) is 8.72. The number of amides is 3. The zero-order valence-corrected chi connectivity index (χ0v) is 21.6. The van der Waals surface area contributed by atoms with Crippen molar-refractivity contribution in [3.8, 4) is 0 Å². The summed E-state index contributed by atoms with van der Waals surface area (Å²) in [6.07, 6.45) is 10.8. The fourth-order valence-electron chi connectivity index (χ4n) is 7.06. The van der Waals surface area contributed by atoms with Crippen molar-refractivity contribution in [1.82, 2.24) is 15.5 Å². The van der Waals surface area contributed by atoms with E-state index in [2.05, 4.69) is 10.6 Å². The molecule has 5 heterocycles. The molecule has 4 aliphatic heterocycles. The fourth-order valence-corrected chi connectivity index (χ4v) is 7.70. The molecule has 36 heavy (non-hydrogen) atoms. The van der Waals surface area contributed by atoms with Crippen LogP contribution in [0.3, 0.4) is 0 Å². The van der Waals surface area contributed by atoms with E-state index < -0.39 is 29.1 Å². The van der Waals surface area contributed by atoms with Crippen LogP contribution in [0.15, 0.2) is 29.7 Å². The molecular formula is C27H35N3O5S. The summed E-state index contributed by atoms with van der Waals surface area (Å²) in [7, 11) is 0. The molecule has 6 rings (SSSR count). The van der Waals surface area contributed by atoms with Crippen molar-refractivity contribution < 1.29 is 23.9 Å². The van der Waals surface area contributed by atoms with E-state index in [1.54, 1.807) is 16.2 Å². The van der Waals surface area contributed by atoms with Crippen LogP contribution in [0.5, 0.6) is 0 Å². The van der Waals surface area contributed by atoms with Crippen LogP contribution >= 0.6 is 11.3 Å². The Labute approximate surface area is 215 Å². The zero-order chi connectivity index (χ0) is 24.9. The van der Waals surface area contributed by atoms with Crippen LogP contribution in [0.4, 0.5) is 0 Å². The van der Waals surface area contributed by atoms with Crippen LogP contribution in [0.1, 0.15) is 56.7 Å². The predicted molar refractivity (Wildman–Crippen MR) is 134 cm³/mol. The fraction of sp³-hybridized carbons (Fsp3) is 0.667. The Hall–Kier alpha value is -2.23. The molecule has 6 atom stereocenters. The summed E-state index contributed by atoms with van der Waals surface area (Å²) in [5, 5.41) is 8.24. The van der Waals surface area contributed by atoms with Crippen molar-refractivity contribution >= 4 is 29.1 Å². The molecule has 0 unspecified atom stereocenters. The molecule has 0 aromatic carbocycles. The van der Waals surface area contributed by atoms with E-state index in [1.165, 1.54) is 6.42 Å². The lowest BCUT2D eigenvalue weighted by Crippen LogP contribution is -2.57. The van der Waals surface area contributed by atoms with E-state index in [4.69, 9.17) is 9.47 Å². The van der Waals surface area contributed by atoms with Gasteiger partial charge in [0.2, 0.25) is 17.7 Å². The Balaban J connectivity index is 1.30. The van der Waals surface area contributed by atoms with Crippen LogP contribution < -0.4 is 10.6 Å². The first-order valence-corrected chi connectivity index (χ1v) is 14.2. The number of thiophene rings is 1. The van der Waals surface area contributed by atoms with E-state index in [0.717, 1.165) is 43.4 Å². The second kappa shape index (κ2) is 9.26. The van der Waals surface area contributed by atoms with E-state index in [1.807, 2.05) is 36.6 Å². The number of rotatable bonds is 7. The SMILES string of the molecule is C[C@@]12C=C[C@@]3(O1)[C@H](C(=O)N(C[C@@H]1CCCO1)[C@H]3C(=O)NC1CCCCC1)[C@@H]2C(=O)NCc1cccs1. The van der Waals surface area contributed by atoms with Gasteiger partial charge in [-0.3, -0.25) is 14.4 Å². The first-order valence-electron chi connectivity index (χ1n) is 13.3. The second-order valence-electron chi connectivity index (χ2n) is 11.1.